The first kappa shape index (κ1) is 17.7. The number of alkyl halides is 2. The fraction of sp³-hybridized carbons (Fsp3) is 0.611. The van der Waals surface area contributed by atoms with Crippen molar-refractivity contribution in [2.45, 2.75) is 24.4 Å². The van der Waals surface area contributed by atoms with E-state index in [0.717, 1.165) is 31.7 Å². The molecular formula is C18H22F2N6O2. The Hall–Kier alpha value is -2.33. The van der Waals surface area contributed by atoms with Gasteiger partial charge in [0.2, 0.25) is 5.91 Å². The molecule has 0 aliphatic carbocycles. The third-order valence-electron chi connectivity index (χ3n) is 5.84. The normalized spacial score (nSPS) is 27.9. The van der Waals surface area contributed by atoms with E-state index >= 15 is 0 Å². The number of amides is 1. The molecule has 2 aromatic heterocycles. The van der Waals surface area contributed by atoms with Crippen molar-refractivity contribution in [1.29, 1.82) is 0 Å². The van der Waals surface area contributed by atoms with Gasteiger partial charge in [0.05, 0.1) is 25.3 Å². The van der Waals surface area contributed by atoms with Crippen LogP contribution in [0.1, 0.15) is 6.42 Å². The maximum atomic E-state index is 13.0. The van der Waals surface area contributed by atoms with Gasteiger partial charge in [0.25, 0.3) is 11.9 Å². The molecule has 3 saturated heterocycles. The summed E-state index contributed by atoms with van der Waals surface area (Å²) in [4.78, 5) is 26.6. The summed E-state index contributed by atoms with van der Waals surface area (Å²) >= 11 is 0. The Labute approximate surface area is 160 Å². The highest BCUT2D eigenvalue weighted by Gasteiger charge is 2.48. The third kappa shape index (κ3) is 3.20. The average molecular weight is 392 g/mol. The van der Waals surface area contributed by atoms with Crippen molar-refractivity contribution in [3.05, 3.63) is 18.5 Å². The molecule has 0 spiro atoms. The summed E-state index contributed by atoms with van der Waals surface area (Å²) in [5.74, 6) is -2.92. The second-order valence-corrected chi connectivity index (χ2v) is 7.76. The number of carbonyl (C=O) groups is 1. The minimum absolute atomic E-state index is 0.202. The lowest BCUT2D eigenvalue weighted by Crippen LogP contribution is -2.61. The molecule has 0 unspecified atom stereocenters. The van der Waals surface area contributed by atoms with Crippen LogP contribution in [0.15, 0.2) is 22.9 Å². The SMILES string of the molecule is O=C([C@@H]1C[C@H](N2CCN(c3nc4ccncc4o3)CC2)CN1)N1CC(F)(F)C1. The van der Waals surface area contributed by atoms with Crippen LogP contribution >= 0.6 is 0 Å². The van der Waals surface area contributed by atoms with Gasteiger partial charge in [-0.05, 0) is 12.5 Å². The lowest BCUT2D eigenvalue weighted by Gasteiger charge is -2.40. The van der Waals surface area contributed by atoms with E-state index in [9.17, 15) is 13.6 Å². The molecule has 28 heavy (non-hydrogen) atoms. The van der Waals surface area contributed by atoms with Crippen molar-refractivity contribution in [2.24, 2.45) is 0 Å². The quantitative estimate of drug-likeness (QED) is 0.818. The van der Waals surface area contributed by atoms with Gasteiger partial charge in [-0.15, -0.1) is 0 Å². The predicted molar refractivity (Wildman–Crippen MR) is 97.3 cm³/mol. The summed E-state index contributed by atoms with van der Waals surface area (Å²) < 4.78 is 31.8. The van der Waals surface area contributed by atoms with Crippen LogP contribution in [0.4, 0.5) is 14.8 Å². The van der Waals surface area contributed by atoms with Crippen LogP contribution in [-0.2, 0) is 4.79 Å². The topological polar surface area (TPSA) is 77.7 Å². The van der Waals surface area contributed by atoms with Gasteiger partial charge >= 0.3 is 0 Å². The van der Waals surface area contributed by atoms with Gasteiger partial charge in [0, 0.05) is 45.0 Å². The highest BCUT2D eigenvalue weighted by molar-refractivity contribution is 5.83. The zero-order valence-electron chi connectivity index (χ0n) is 15.4. The van der Waals surface area contributed by atoms with E-state index in [1.807, 2.05) is 6.07 Å². The van der Waals surface area contributed by atoms with Crippen LogP contribution in [0, 0.1) is 0 Å². The number of aromatic nitrogens is 2. The minimum Gasteiger partial charge on any atom is -0.422 e. The van der Waals surface area contributed by atoms with Gasteiger partial charge in [-0.1, -0.05) is 0 Å². The number of hydrogen-bond donors (Lipinski definition) is 1. The number of nitrogens with one attached hydrogen (secondary N) is 1. The zero-order chi connectivity index (χ0) is 19.3. The van der Waals surface area contributed by atoms with Gasteiger partial charge in [-0.25, -0.2) is 8.78 Å². The molecule has 1 N–H and O–H groups in total. The number of anilines is 1. The predicted octanol–water partition coefficient (Wildman–Crippen LogP) is 0.553. The second kappa shape index (κ2) is 6.63. The Morgan fingerprint density at radius 2 is 2.04 bits per heavy atom. The lowest BCUT2D eigenvalue weighted by molar-refractivity contribution is -0.167. The molecule has 5 heterocycles. The number of likely N-dealkylation sites (tertiary alicyclic amines) is 1. The molecule has 0 bridgehead atoms. The van der Waals surface area contributed by atoms with Crippen LogP contribution in [-0.4, -0.2) is 89.5 Å². The zero-order valence-corrected chi connectivity index (χ0v) is 15.4. The van der Waals surface area contributed by atoms with E-state index in [-0.39, 0.29) is 18.0 Å². The fourth-order valence-electron chi connectivity index (χ4n) is 4.25. The highest BCUT2D eigenvalue weighted by Crippen LogP contribution is 2.29. The molecule has 5 rings (SSSR count). The second-order valence-electron chi connectivity index (χ2n) is 7.76. The van der Waals surface area contributed by atoms with Crippen LogP contribution in [0.5, 0.6) is 0 Å². The van der Waals surface area contributed by atoms with Crippen molar-refractivity contribution in [1.82, 2.24) is 25.1 Å². The van der Waals surface area contributed by atoms with Crippen molar-refractivity contribution in [2.75, 3.05) is 50.7 Å². The number of hydrogen-bond acceptors (Lipinski definition) is 7. The fourth-order valence-corrected chi connectivity index (χ4v) is 4.25. The number of fused-ring (bicyclic) bond motifs is 1. The first-order chi connectivity index (χ1) is 13.5. The first-order valence-electron chi connectivity index (χ1n) is 9.58. The molecule has 8 nitrogen and oxygen atoms in total. The summed E-state index contributed by atoms with van der Waals surface area (Å²) in [6, 6.07) is 2.32. The maximum absolute atomic E-state index is 13.0. The molecule has 0 saturated carbocycles. The van der Waals surface area contributed by atoms with Gasteiger partial charge in [0.1, 0.15) is 5.52 Å². The summed E-state index contributed by atoms with van der Waals surface area (Å²) in [6.07, 6.45) is 4.02. The number of pyridine rings is 1. The Kier molecular flexibility index (Phi) is 4.20. The average Bonchev–Trinajstić information content (AvgIpc) is 3.33. The molecule has 1 amide bonds. The molecule has 3 aliphatic heterocycles. The number of halogens is 2. The molecule has 0 radical (unpaired) electrons. The van der Waals surface area contributed by atoms with Crippen molar-refractivity contribution < 1.29 is 18.0 Å². The van der Waals surface area contributed by atoms with Gasteiger partial charge in [-0.3, -0.25) is 14.7 Å². The summed E-state index contributed by atoms with van der Waals surface area (Å²) in [5.41, 5.74) is 1.48. The van der Waals surface area contributed by atoms with Crippen LogP contribution < -0.4 is 10.2 Å². The first-order valence-corrected chi connectivity index (χ1v) is 9.58. The largest absolute Gasteiger partial charge is 0.422 e. The summed E-state index contributed by atoms with van der Waals surface area (Å²) in [5, 5.41) is 3.21. The third-order valence-corrected chi connectivity index (χ3v) is 5.84. The smallest absolute Gasteiger partial charge is 0.298 e. The van der Waals surface area contributed by atoms with E-state index in [1.54, 1.807) is 12.4 Å². The molecular weight excluding hydrogens is 370 g/mol. The molecule has 0 aromatic carbocycles. The number of piperazine rings is 1. The molecule has 10 heteroatoms. The van der Waals surface area contributed by atoms with Crippen molar-refractivity contribution in [3.63, 3.8) is 0 Å². The number of rotatable bonds is 3. The molecule has 2 aromatic rings. The lowest BCUT2D eigenvalue weighted by atomic mass is 10.1. The Morgan fingerprint density at radius 3 is 2.75 bits per heavy atom. The molecule has 2 atom stereocenters. The van der Waals surface area contributed by atoms with Gasteiger partial charge < -0.3 is 19.5 Å². The Bertz CT molecular complexity index is 841. The van der Waals surface area contributed by atoms with Crippen molar-refractivity contribution in [3.8, 4) is 0 Å². The van der Waals surface area contributed by atoms with Gasteiger partial charge in [0.15, 0.2) is 5.58 Å². The minimum atomic E-state index is -2.72. The number of oxazole rings is 1. The number of nitrogens with zero attached hydrogens (tertiary/aromatic N) is 5. The molecule has 150 valence electrons. The monoisotopic (exact) mass is 392 g/mol. The summed E-state index contributed by atoms with van der Waals surface area (Å²) in [7, 11) is 0. The Morgan fingerprint density at radius 1 is 1.25 bits per heavy atom. The van der Waals surface area contributed by atoms with E-state index < -0.39 is 19.0 Å². The molecule has 3 fully saturated rings. The maximum Gasteiger partial charge on any atom is 0.298 e. The Balaban J connectivity index is 1.15. The van der Waals surface area contributed by atoms with E-state index in [4.69, 9.17) is 4.42 Å². The van der Waals surface area contributed by atoms with Crippen LogP contribution in [0.3, 0.4) is 0 Å². The molecule has 3 aliphatic rings. The van der Waals surface area contributed by atoms with E-state index in [2.05, 4.69) is 25.1 Å². The van der Waals surface area contributed by atoms with Crippen molar-refractivity contribution >= 4 is 23.0 Å². The van der Waals surface area contributed by atoms with E-state index in [1.165, 1.54) is 4.90 Å². The van der Waals surface area contributed by atoms with Crippen LogP contribution in [0.25, 0.3) is 11.1 Å². The van der Waals surface area contributed by atoms with E-state index in [0.29, 0.717) is 24.6 Å². The standard InChI is InChI=1S/C18H22F2N6O2/c19-18(20)10-26(11-18)16(27)14-7-12(8-22-14)24-3-5-25(6-4-24)17-23-13-1-2-21-9-15(13)28-17/h1-2,9,12,14,22H,3-8,10-11H2/t12-,14-/m0/s1. The number of carbonyl (C=O) groups excluding carboxylic acids is 1. The summed E-state index contributed by atoms with van der Waals surface area (Å²) in [6.45, 7) is 3.05. The van der Waals surface area contributed by atoms with Gasteiger partial charge in [-0.2, -0.15) is 4.98 Å². The van der Waals surface area contributed by atoms with Crippen LogP contribution in [0.2, 0.25) is 0 Å². The highest BCUT2D eigenvalue weighted by atomic mass is 19.3.